The predicted octanol–water partition coefficient (Wildman–Crippen LogP) is 4.81. The summed E-state index contributed by atoms with van der Waals surface area (Å²) in [4.78, 5) is 10.8. The van der Waals surface area contributed by atoms with Crippen molar-refractivity contribution in [2.45, 2.75) is 18.9 Å². The van der Waals surface area contributed by atoms with Gasteiger partial charge in [-0.1, -0.05) is 35.9 Å². The molecule has 0 saturated heterocycles. The van der Waals surface area contributed by atoms with E-state index in [9.17, 15) is 10.1 Å². The lowest BCUT2D eigenvalue weighted by atomic mass is 10.0. The first-order chi connectivity index (χ1) is 10.1. The summed E-state index contributed by atoms with van der Waals surface area (Å²) in [6.45, 7) is 0. The molecule has 0 heterocycles. The zero-order valence-electron chi connectivity index (χ0n) is 11.3. The van der Waals surface area contributed by atoms with Crippen LogP contribution in [0.25, 0.3) is 0 Å². The standard InChI is InChI=1S/C16H15ClN2O2/c17-13-9-7-12(8-10-13)16(11-5-6-11)18-14-3-1-2-4-15(14)19(20)21/h1-4,7-11,16,18H,5-6H2. The Morgan fingerprint density at radius 3 is 2.43 bits per heavy atom. The number of halogens is 1. The second kappa shape index (κ2) is 5.74. The Hall–Kier alpha value is -2.07. The fourth-order valence-electron chi connectivity index (χ4n) is 2.50. The topological polar surface area (TPSA) is 55.2 Å². The molecule has 21 heavy (non-hydrogen) atoms. The molecule has 1 saturated carbocycles. The average Bonchev–Trinajstić information content (AvgIpc) is 3.31. The van der Waals surface area contributed by atoms with Gasteiger partial charge in [-0.3, -0.25) is 10.1 Å². The minimum absolute atomic E-state index is 0.0865. The molecule has 0 aromatic heterocycles. The highest BCUT2D eigenvalue weighted by atomic mass is 35.5. The van der Waals surface area contributed by atoms with Crippen LogP contribution in [0.1, 0.15) is 24.4 Å². The van der Waals surface area contributed by atoms with Gasteiger partial charge in [-0.05, 0) is 42.5 Å². The van der Waals surface area contributed by atoms with Gasteiger partial charge in [0.15, 0.2) is 0 Å². The van der Waals surface area contributed by atoms with Gasteiger partial charge in [0.05, 0.1) is 11.0 Å². The minimum atomic E-state index is -0.353. The maximum atomic E-state index is 11.1. The number of rotatable bonds is 5. The molecule has 1 fully saturated rings. The van der Waals surface area contributed by atoms with E-state index < -0.39 is 0 Å². The van der Waals surface area contributed by atoms with Gasteiger partial charge in [0.2, 0.25) is 0 Å². The molecule has 5 heteroatoms. The highest BCUT2D eigenvalue weighted by Crippen LogP contribution is 2.44. The molecule has 1 N–H and O–H groups in total. The Labute approximate surface area is 127 Å². The van der Waals surface area contributed by atoms with E-state index >= 15 is 0 Å². The first-order valence-electron chi connectivity index (χ1n) is 6.90. The van der Waals surface area contributed by atoms with Crippen LogP contribution in [-0.2, 0) is 0 Å². The van der Waals surface area contributed by atoms with Gasteiger partial charge < -0.3 is 5.32 Å². The number of benzene rings is 2. The number of nitro groups is 1. The minimum Gasteiger partial charge on any atom is -0.372 e. The van der Waals surface area contributed by atoms with Crippen LogP contribution in [-0.4, -0.2) is 4.92 Å². The van der Waals surface area contributed by atoms with E-state index in [2.05, 4.69) is 5.32 Å². The smallest absolute Gasteiger partial charge is 0.292 e. The fraction of sp³-hybridized carbons (Fsp3) is 0.250. The van der Waals surface area contributed by atoms with Gasteiger partial charge in [0, 0.05) is 11.1 Å². The van der Waals surface area contributed by atoms with E-state index in [1.807, 2.05) is 24.3 Å². The largest absolute Gasteiger partial charge is 0.372 e. The van der Waals surface area contributed by atoms with Crippen LogP contribution in [0, 0.1) is 16.0 Å². The van der Waals surface area contributed by atoms with Crippen LogP contribution in [0.3, 0.4) is 0 Å². The molecule has 2 aromatic carbocycles. The Balaban J connectivity index is 1.90. The zero-order chi connectivity index (χ0) is 14.8. The lowest BCUT2D eigenvalue weighted by Gasteiger charge is -2.20. The van der Waals surface area contributed by atoms with Gasteiger partial charge >= 0.3 is 0 Å². The Morgan fingerprint density at radius 2 is 1.81 bits per heavy atom. The molecule has 0 amide bonds. The van der Waals surface area contributed by atoms with E-state index in [0.717, 1.165) is 18.4 Å². The third-order valence-electron chi connectivity index (χ3n) is 3.73. The lowest BCUT2D eigenvalue weighted by Crippen LogP contribution is -2.13. The molecular formula is C16H15ClN2O2. The predicted molar refractivity (Wildman–Crippen MR) is 83.6 cm³/mol. The van der Waals surface area contributed by atoms with Crippen LogP contribution in [0.15, 0.2) is 48.5 Å². The van der Waals surface area contributed by atoms with Crippen molar-refractivity contribution >= 4 is 23.0 Å². The molecule has 0 spiro atoms. The molecule has 1 aliphatic rings. The van der Waals surface area contributed by atoms with Gasteiger partial charge in [-0.15, -0.1) is 0 Å². The molecule has 1 unspecified atom stereocenters. The molecule has 0 bridgehead atoms. The van der Waals surface area contributed by atoms with Gasteiger partial charge in [-0.25, -0.2) is 0 Å². The summed E-state index contributed by atoms with van der Waals surface area (Å²) in [6.07, 6.45) is 2.28. The Kier molecular flexibility index (Phi) is 3.80. The normalized spacial score (nSPS) is 15.5. The van der Waals surface area contributed by atoms with Crippen molar-refractivity contribution in [2.75, 3.05) is 5.32 Å². The molecule has 1 aliphatic carbocycles. The van der Waals surface area contributed by atoms with E-state index in [-0.39, 0.29) is 16.7 Å². The van der Waals surface area contributed by atoms with Gasteiger partial charge in [0.1, 0.15) is 5.69 Å². The summed E-state index contributed by atoms with van der Waals surface area (Å²) in [5.74, 6) is 0.519. The summed E-state index contributed by atoms with van der Waals surface area (Å²) < 4.78 is 0. The number of hydrogen-bond acceptors (Lipinski definition) is 3. The molecular weight excluding hydrogens is 288 g/mol. The van der Waals surface area contributed by atoms with Crippen molar-refractivity contribution in [2.24, 2.45) is 5.92 Å². The first kappa shape index (κ1) is 13.9. The van der Waals surface area contributed by atoms with Crippen LogP contribution in [0.5, 0.6) is 0 Å². The van der Waals surface area contributed by atoms with Crippen molar-refractivity contribution in [3.63, 3.8) is 0 Å². The molecule has 108 valence electrons. The second-order valence-electron chi connectivity index (χ2n) is 5.29. The summed E-state index contributed by atoms with van der Waals surface area (Å²) in [5, 5.41) is 15.2. The van der Waals surface area contributed by atoms with Crippen molar-refractivity contribution < 1.29 is 4.92 Å². The lowest BCUT2D eigenvalue weighted by molar-refractivity contribution is -0.384. The Morgan fingerprint density at radius 1 is 1.14 bits per heavy atom. The molecule has 1 atom stereocenters. The third kappa shape index (κ3) is 3.16. The molecule has 4 nitrogen and oxygen atoms in total. The molecule has 0 radical (unpaired) electrons. The van der Waals surface area contributed by atoms with E-state index in [4.69, 9.17) is 11.6 Å². The maximum absolute atomic E-state index is 11.1. The van der Waals surface area contributed by atoms with E-state index in [0.29, 0.717) is 16.6 Å². The van der Waals surface area contributed by atoms with E-state index in [1.165, 1.54) is 6.07 Å². The average molecular weight is 303 g/mol. The molecule has 3 rings (SSSR count). The van der Waals surface area contributed by atoms with Crippen LogP contribution in [0.4, 0.5) is 11.4 Å². The zero-order valence-corrected chi connectivity index (χ0v) is 12.1. The highest BCUT2D eigenvalue weighted by molar-refractivity contribution is 6.30. The van der Waals surface area contributed by atoms with Crippen molar-refractivity contribution in [1.29, 1.82) is 0 Å². The van der Waals surface area contributed by atoms with Gasteiger partial charge in [-0.2, -0.15) is 0 Å². The number of anilines is 1. The summed E-state index contributed by atoms with van der Waals surface area (Å²) in [5.41, 5.74) is 1.78. The number of nitrogens with zero attached hydrogens (tertiary/aromatic N) is 1. The number of para-hydroxylation sites is 2. The monoisotopic (exact) mass is 302 g/mol. The SMILES string of the molecule is O=[N+]([O-])c1ccccc1NC(c1ccc(Cl)cc1)C1CC1. The Bertz CT molecular complexity index is 654. The number of hydrogen-bond donors (Lipinski definition) is 1. The van der Waals surface area contributed by atoms with E-state index in [1.54, 1.807) is 18.2 Å². The summed E-state index contributed by atoms with van der Waals surface area (Å²) in [6, 6.07) is 14.5. The first-order valence-corrected chi connectivity index (χ1v) is 7.28. The van der Waals surface area contributed by atoms with Crippen LogP contribution < -0.4 is 5.32 Å². The summed E-state index contributed by atoms with van der Waals surface area (Å²) >= 11 is 5.93. The molecule has 2 aromatic rings. The second-order valence-corrected chi connectivity index (χ2v) is 5.72. The number of nitro benzene ring substituents is 1. The third-order valence-corrected chi connectivity index (χ3v) is 3.99. The quantitative estimate of drug-likeness (QED) is 0.637. The highest BCUT2D eigenvalue weighted by Gasteiger charge is 2.33. The maximum Gasteiger partial charge on any atom is 0.292 e. The number of nitrogens with one attached hydrogen (secondary N) is 1. The van der Waals surface area contributed by atoms with Gasteiger partial charge in [0.25, 0.3) is 5.69 Å². The van der Waals surface area contributed by atoms with Crippen molar-refractivity contribution in [1.82, 2.24) is 0 Å². The molecule has 0 aliphatic heterocycles. The summed E-state index contributed by atoms with van der Waals surface area (Å²) in [7, 11) is 0. The fourth-order valence-corrected chi connectivity index (χ4v) is 2.62. The van der Waals surface area contributed by atoms with Crippen LogP contribution >= 0.6 is 11.6 Å². The van der Waals surface area contributed by atoms with Crippen molar-refractivity contribution in [3.8, 4) is 0 Å². The van der Waals surface area contributed by atoms with Crippen LogP contribution in [0.2, 0.25) is 5.02 Å². The van der Waals surface area contributed by atoms with Crippen molar-refractivity contribution in [3.05, 3.63) is 69.2 Å².